The fraction of sp³-hybridized carbons (Fsp3) is 0.222. The summed E-state index contributed by atoms with van der Waals surface area (Å²) >= 11 is 6.24. The zero-order valence-corrected chi connectivity index (χ0v) is 13.8. The maximum Gasteiger partial charge on any atom is 0.160 e. The van der Waals surface area contributed by atoms with E-state index >= 15 is 0 Å². The Balaban J connectivity index is 1.53. The molecule has 3 aromatic rings. The lowest BCUT2D eigenvalue weighted by Crippen LogP contribution is -2.31. The van der Waals surface area contributed by atoms with Crippen LogP contribution in [0.1, 0.15) is 16.8 Å². The van der Waals surface area contributed by atoms with E-state index in [0.29, 0.717) is 0 Å². The van der Waals surface area contributed by atoms with Gasteiger partial charge in [0.2, 0.25) is 0 Å². The second kappa shape index (κ2) is 6.63. The Morgan fingerprint density at radius 2 is 2.00 bits per heavy atom. The summed E-state index contributed by atoms with van der Waals surface area (Å²) in [6.07, 6.45) is 9.93. The van der Waals surface area contributed by atoms with E-state index in [-0.39, 0.29) is 0 Å². The zero-order chi connectivity index (χ0) is 16.4. The van der Waals surface area contributed by atoms with E-state index < -0.39 is 0 Å². The molecule has 0 aromatic carbocycles. The number of halogens is 1. The first-order valence-corrected chi connectivity index (χ1v) is 8.23. The molecule has 0 spiro atoms. The number of nitrogens with zero attached hydrogens (tertiary/aromatic N) is 5. The molecule has 0 N–H and O–H groups in total. The van der Waals surface area contributed by atoms with Gasteiger partial charge in [0.05, 0.1) is 5.69 Å². The van der Waals surface area contributed by atoms with Gasteiger partial charge in [0, 0.05) is 78.8 Å². The van der Waals surface area contributed by atoms with Crippen LogP contribution in [0.15, 0.2) is 49.2 Å². The molecule has 0 fully saturated rings. The molecular formula is C18H16ClN5. The standard InChI is InChI=1S/C18H16ClN5/c19-16-3-6-21-9-14(16)11-24-7-4-17-15(12-24)10-22-18(23-17)13-2-1-5-20-8-13/h1-3,5-6,8-10H,4,7,11-12H2. The fourth-order valence-corrected chi connectivity index (χ4v) is 3.08. The van der Waals surface area contributed by atoms with Gasteiger partial charge < -0.3 is 0 Å². The second-order valence-electron chi connectivity index (χ2n) is 5.83. The Bertz CT molecular complexity index is 853. The Kier molecular flexibility index (Phi) is 4.19. The second-order valence-corrected chi connectivity index (χ2v) is 6.24. The highest BCUT2D eigenvalue weighted by Crippen LogP contribution is 2.23. The zero-order valence-electron chi connectivity index (χ0n) is 13.1. The van der Waals surface area contributed by atoms with Crippen LogP contribution in [-0.4, -0.2) is 31.4 Å². The van der Waals surface area contributed by atoms with E-state index in [1.54, 1.807) is 18.6 Å². The lowest BCUT2D eigenvalue weighted by molar-refractivity contribution is 0.243. The fourth-order valence-electron chi connectivity index (χ4n) is 2.91. The molecule has 0 amide bonds. The molecule has 0 atom stereocenters. The van der Waals surface area contributed by atoms with E-state index in [4.69, 9.17) is 16.6 Å². The number of aromatic nitrogens is 4. The first-order valence-electron chi connectivity index (χ1n) is 7.85. The molecular weight excluding hydrogens is 322 g/mol. The van der Waals surface area contributed by atoms with Crippen molar-refractivity contribution < 1.29 is 0 Å². The van der Waals surface area contributed by atoms with Crippen molar-refractivity contribution in [1.29, 1.82) is 0 Å². The molecule has 1 aliphatic heterocycles. The highest BCUT2D eigenvalue weighted by Gasteiger charge is 2.19. The third-order valence-electron chi connectivity index (χ3n) is 4.17. The van der Waals surface area contributed by atoms with Crippen molar-refractivity contribution in [2.24, 2.45) is 0 Å². The minimum Gasteiger partial charge on any atom is -0.294 e. The molecule has 0 aliphatic carbocycles. The number of hydrogen-bond acceptors (Lipinski definition) is 5. The largest absolute Gasteiger partial charge is 0.294 e. The van der Waals surface area contributed by atoms with E-state index in [9.17, 15) is 0 Å². The van der Waals surface area contributed by atoms with Gasteiger partial charge in [-0.3, -0.25) is 14.9 Å². The maximum atomic E-state index is 6.24. The van der Waals surface area contributed by atoms with Gasteiger partial charge in [-0.1, -0.05) is 11.6 Å². The molecule has 120 valence electrons. The number of rotatable bonds is 3. The van der Waals surface area contributed by atoms with Crippen LogP contribution in [0, 0.1) is 0 Å². The van der Waals surface area contributed by atoms with Gasteiger partial charge in [-0.05, 0) is 18.2 Å². The minimum atomic E-state index is 0.741. The van der Waals surface area contributed by atoms with Crippen LogP contribution in [0.25, 0.3) is 11.4 Å². The van der Waals surface area contributed by atoms with Crippen molar-refractivity contribution in [1.82, 2.24) is 24.8 Å². The monoisotopic (exact) mass is 337 g/mol. The van der Waals surface area contributed by atoms with Crippen LogP contribution in [0.5, 0.6) is 0 Å². The average molecular weight is 338 g/mol. The number of fused-ring (bicyclic) bond motifs is 1. The summed E-state index contributed by atoms with van der Waals surface area (Å²) < 4.78 is 0. The van der Waals surface area contributed by atoms with Crippen LogP contribution < -0.4 is 0 Å². The lowest BCUT2D eigenvalue weighted by Gasteiger charge is -2.28. The van der Waals surface area contributed by atoms with Gasteiger partial charge in [0.25, 0.3) is 0 Å². The molecule has 0 bridgehead atoms. The lowest BCUT2D eigenvalue weighted by atomic mass is 10.1. The molecule has 6 heteroatoms. The first kappa shape index (κ1) is 15.2. The minimum absolute atomic E-state index is 0.741. The third-order valence-corrected chi connectivity index (χ3v) is 4.54. The summed E-state index contributed by atoms with van der Waals surface area (Å²) in [4.78, 5) is 19.9. The smallest absolute Gasteiger partial charge is 0.160 e. The Morgan fingerprint density at radius 3 is 2.83 bits per heavy atom. The molecule has 5 nitrogen and oxygen atoms in total. The van der Waals surface area contributed by atoms with Gasteiger partial charge in [-0.15, -0.1) is 0 Å². The van der Waals surface area contributed by atoms with Crippen LogP contribution in [0.3, 0.4) is 0 Å². The number of hydrogen-bond donors (Lipinski definition) is 0. The SMILES string of the molecule is Clc1ccncc1CN1CCc2nc(-c3cccnc3)ncc2C1. The molecule has 4 rings (SSSR count). The average Bonchev–Trinajstić information content (AvgIpc) is 2.64. The van der Waals surface area contributed by atoms with Crippen LogP contribution in [0.2, 0.25) is 5.02 Å². The topological polar surface area (TPSA) is 54.8 Å². The van der Waals surface area contributed by atoms with Gasteiger partial charge in [-0.25, -0.2) is 9.97 Å². The van der Waals surface area contributed by atoms with Crippen molar-refractivity contribution in [3.05, 3.63) is 71.0 Å². The Labute approximate surface area is 145 Å². The molecule has 24 heavy (non-hydrogen) atoms. The summed E-state index contributed by atoms with van der Waals surface area (Å²) in [5.74, 6) is 0.741. The molecule has 0 radical (unpaired) electrons. The molecule has 3 aromatic heterocycles. The van der Waals surface area contributed by atoms with Crippen LogP contribution in [0.4, 0.5) is 0 Å². The molecule has 4 heterocycles. The van der Waals surface area contributed by atoms with E-state index in [1.807, 2.05) is 30.6 Å². The van der Waals surface area contributed by atoms with Gasteiger partial charge in [0.15, 0.2) is 5.82 Å². The summed E-state index contributed by atoms with van der Waals surface area (Å²) in [6.45, 7) is 2.56. The first-order chi connectivity index (χ1) is 11.8. The van der Waals surface area contributed by atoms with Crippen molar-refractivity contribution in [2.75, 3.05) is 6.54 Å². The highest BCUT2D eigenvalue weighted by atomic mass is 35.5. The predicted molar refractivity (Wildman–Crippen MR) is 92.3 cm³/mol. The summed E-state index contributed by atoms with van der Waals surface area (Å²) in [6, 6.07) is 5.71. The van der Waals surface area contributed by atoms with Crippen molar-refractivity contribution in [2.45, 2.75) is 19.5 Å². The molecule has 1 aliphatic rings. The number of pyridine rings is 2. The summed E-state index contributed by atoms with van der Waals surface area (Å²) in [5.41, 5.74) is 4.30. The normalized spacial score (nSPS) is 14.4. The third kappa shape index (κ3) is 3.13. The summed E-state index contributed by atoms with van der Waals surface area (Å²) in [7, 11) is 0. The van der Waals surface area contributed by atoms with Gasteiger partial charge in [-0.2, -0.15) is 0 Å². The maximum absolute atomic E-state index is 6.24. The predicted octanol–water partition coefficient (Wildman–Crippen LogP) is 3.15. The van der Waals surface area contributed by atoms with E-state index in [1.165, 1.54) is 5.56 Å². The van der Waals surface area contributed by atoms with E-state index in [0.717, 1.165) is 53.7 Å². The molecule has 0 unspecified atom stereocenters. The van der Waals surface area contributed by atoms with Crippen molar-refractivity contribution >= 4 is 11.6 Å². The highest BCUT2D eigenvalue weighted by molar-refractivity contribution is 6.31. The molecule has 0 saturated heterocycles. The quantitative estimate of drug-likeness (QED) is 0.735. The van der Waals surface area contributed by atoms with Crippen LogP contribution >= 0.6 is 11.6 Å². The summed E-state index contributed by atoms with van der Waals surface area (Å²) in [5, 5.41) is 0.763. The Hall–Kier alpha value is -2.37. The van der Waals surface area contributed by atoms with Crippen molar-refractivity contribution in [3.8, 4) is 11.4 Å². The van der Waals surface area contributed by atoms with Gasteiger partial charge in [0.1, 0.15) is 0 Å². The Morgan fingerprint density at radius 1 is 1.08 bits per heavy atom. The van der Waals surface area contributed by atoms with E-state index in [2.05, 4.69) is 19.9 Å². The van der Waals surface area contributed by atoms with Gasteiger partial charge >= 0.3 is 0 Å². The molecule has 0 saturated carbocycles. The van der Waals surface area contributed by atoms with Crippen LogP contribution in [-0.2, 0) is 19.5 Å². The van der Waals surface area contributed by atoms with Crippen molar-refractivity contribution in [3.63, 3.8) is 0 Å².